The number of hydrogen-bond acceptors (Lipinski definition) is 4. The summed E-state index contributed by atoms with van der Waals surface area (Å²) >= 11 is 5.83. The molecule has 0 aliphatic rings. The molecule has 110 valence electrons. The largest absolute Gasteiger partial charge is 0.396 e. The third kappa shape index (κ3) is 3.02. The van der Waals surface area contributed by atoms with Gasteiger partial charge in [0.15, 0.2) is 0 Å². The summed E-state index contributed by atoms with van der Waals surface area (Å²) in [5.41, 5.74) is 16.5. The number of rotatable bonds is 3. The second kappa shape index (κ2) is 6.03. The summed E-state index contributed by atoms with van der Waals surface area (Å²) in [4.78, 5) is 8.10. The van der Waals surface area contributed by atoms with E-state index in [4.69, 9.17) is 23.1 Å². The first-order chi connectivity index (χ1) is 10.6. The number of benzene rings is 1. The van der Waals surface area contributed by atoms with Crippen LogP contribution < -0.4 is 11.5 Å². The van der Waals surface area contributed by atoms with E-state index in [1.165, 1.54) is 0 Å². The average molecular weight is 311 g/mol. The summed E-state index contributed by atoms with van der Waals surface area (Å²) in [7, 11) is 0. The topological polar surface area (TPSA) is 77.8 Å². The molecular weight excluding hydrogens is 296 g/mol. The number of anilines is 2. The first-order valence-corrected chi connectivity index (χ1v) is 7.21. The van der Waals surface area contributed by atoms with E-state index in [2.05, 4.69) is 22.1 Å². The molecule has 0 saturated carbocycles. The maximum Gasteiger partial charge on any atom is 0.146 e. The van der Waals surface area contributed by atoms with Crippen molar-refractivity contribution in [3.8, 4) is 11.1 Å². The second-order valence-corrected chi connectivity index (χ2v) is 5.40. The van der Waals surface area contributed by atoms with Gasteiger partial charge in [-0.1, -0.05) is 35.9 Å². The number of nitrogens with two attached hydrogens (primary N) is 2. The van der Waals surface area contributed by atoms with Gasteiger partial charge in [0, 0.05) is 18.0 Å². The molecule has 22 heavy (non-hydrogen) atoms. The van der Waals surface area contributed by atoms with Crippen LogP contribution in [0, 0.1) is 0 Å². The Bertz CT molecular complexity index is 800. The van der Waals surface area contributed by atoms with Gasteiger partial charge in [-0.25, -0.2) is 9.97 Å². The minimum Gasteiger partial charge on any atom is -0.396 e. The van der Waals surface area contributed by atoms with Crippen molar-refractivity contribution in [3.63, 3.8) is 0 Å². The summed E-state index contributed by atoms with van der Waals surface area (Å²) < 4.78 is 0. The fourth-order valence-electron chi connectivity index (χ4n) is 2.31. The molecule has 3 rings (SSSR count). The van der Waals surface area contributed by atoms with Crippen LogP contribution in [0.2, 0.25) is 5.15 Å². The number of hydrogen-bond donors (Lipinski definition) is 2. The van der Waals surface area contributed by atoms with E-state index in [-0.39, 0.29) is 0 Å². The molecule has 0 bridgehead atoms. The van der Waals surface area contributed by atoms with Crippen LogP contribution in [0.1, 0.15) is 11.1 Å². The molecule has 0 saturated heterocycles. The van der Waals surface area contributed by atoms with E-state index in [0.29, 0.717) is 23.1 Å². The molecule has 4 nitrogen and oxygen atoms in total. The summed E-state index contributed by atoms with van der Waals surface area (Å²) in [5.74, 6) is 0.371. The number of halogens is 1. The van der Waals surface area contributed by atoms with Gasteiger partial charge in [0.05, 0.1) is 5.69 Å². The molecule has 4 N–H and O–H groups in total. The van der Waals surface area contributed by atoms with Crippen molar-refractivity contribution in [2.75, 3.05) is 11.5 Å². The normalized spacial score (nSPS) is 10.6. The van der Waals surface area contributed by atoms with Crippen LogP contribution in [0.15, 0.2) is 54.9 Å². The molecule has 0 radical (unpaired) electrons. The highest BCUT2D eigenvalue weighted by Crippen LogP contribution is 2.24. The lowest BCUT2D eigenvalue weighted by molar-refractivity contribution is 1.17. The third-order valence-corrected chi connectivity index (χ3v) is 3.72. The minimum atomic E-state index is 0.371. The van der Waals surface area contributed by atoms with Gasteiger partial charge in [0.1, 0.15) is 11.0 Å². The lowest BCUT2D eigenvalue weighted by Crippen LogP contribution is -2.02. The molecular formula is C17H15ClN4. The minimum absolute atomic E-state index is 0.371. The van der Waals surface area contributed by atoms with E-state index in [1.807, 2.05) is 24.3 Å². The highest BCUT2D eigenvalue weighted by molar-refractivity contribution is 6.29. The van der Waals surface area contributed by atoms with Crippen molar-refractivity contribution in [2.24, 2.45) is 0 Å². The van der Waals surface area contributed by atoms with Gasteiger partial charge in [-0.15, -0.1) is 0 Å². The summed E-state index contributed by atoms with van der Waals surface area (Å²) in [6.45, 7) is 0. The van der Waals surface area contributed by atoms with E-state index in [9.17, 15) is 0 Å². The highest BCUT2D eigenvalue weighted by Gasteiger charge is 2.06. The van der Waals surface area contributed by atoms with Gasteiger partial charge in [-0.2, -0.15) is 0 Å². The summed E-state index contributed by atoms with van der Waals surface area (Å²) in [5, 5.41) is 0.486. The number of aromatic nitrogens is 2. The van der Waals surface area contributed by atoms with Crippen molar-refractivity contribution in [3.05, 3.63) is 71.1 Å². The fourth-order valence-corrected chi connectivity index (χ4v) is 2.42. The lowest BCUT2D eigenvalue weighted by atomic mass is 10.00. The van der Waals surface area contributed by atoms with E-state index in [1.54, 1.807) is 18.5 Å². The van der Waals surface area contributed by atoms with Crippen LogP contribution in [-0.2, 0) is 6.42 Å². The predicted octanol–water partition coefficient (Wildman–Crippen LogP) is 3.55. The molecule has 0 spiro atoms. The van der Waals surface area contributed by atoms with Crippen LogP contribution in [0.5, 0.6) is 0 Å². The maximum atomic E-state index is 5.98. The standard InChI is InChI=1S/C17H15ClN4/c18-15-5-4-14(10-22-15)12-3-1-2-11(8-12)9-13-6-7-21-17(20)16(13)19/h1-8,10H,9,19H2,(H2,20,21). The summed E-state index contributed by atoms with van der Waals surface area (Å²) in [6.07, 6.45) is 4.14. The van der Waals surface area contributed by atoms with Crippen molar-refractivity contribution in [1.82, 2.24) is 9.97 Å². The monoisotopic (exact) mass is 310 g/mol. The molecule has 2 aromatic heterocycles. The van der Waals surface area contributed by atoms with Gasteiger partial charge in [-0.05, 0) is 41.3 Å². The first kappa shape index (κ1) is 14.4. The van der Waals surface area contributed by atoms with Crippen molar-refractivity contribution >= 4 is 23.1 Å². The highest BCUT2D eigenvalue weighted by atomic mass is 35.5. The van der Waals surface area contributed by atoms with Gasteiger partial charge >= 0.3 is 0 Å². The van der Waals surface area contributed by atoms with Crippen molar-refractivity contribution in [1.29, 1.82) is 0 Å². The maximum absolute atomic E-state index is 5.98. The van der Waals surface area contributed by atoms with Gasteiger partial charge in [-0.3, -0.25) is 0 Å². The molecule has 0 unspecified atom stereocenters. The van der Waals surface area contributed by atoms with Crippen LogP contribution in [-0.4, -0.2) is 9.97 Å². The first-order valence-electron chi connectivity index (χ1n) is 6.83. The molecule has 0 fully saturated rings. The van der Waals surface area contributed by atoms with Crippen LogP contribution in [0.4, 0.5) is 11.5 Å². The molecule has 5 heteroatoms. The summed E-state index contributed by atoms with van der Waals surface area (Å²) in [6, 6.07) is 13.9. The van der Waals surface area contributed by atoms with E-state index < -0.39 is 0 Å². The predicted molar refractivity (Wildman–Crippen MR) is 90.6 cm³/mol. The van der Waals surface area contributed by atoms with Crippen LogP contribution in [0.3, 0.4) is 0 Å². The average Bonchev–Trinajstić information content (AvgIpc) is 2.53. The molecule has 0 atom stereocenters. The number of pyridine rings is 2. The van der Waals surface area contributed by atoms with Crippen LogP contribution in [0.25, 0.3) is 11.1 Å². The van der Waals surface area contributed by atoms with Crippen molar-refractivity contribution < 1.29 is 0 Å². The molecule has 3 aromatic rings. The Morgan fingerprint density at radius 1 is 0.955 bits per heavy atom. The molecule has 2 heterocycles. The zero-order valence-corrected chi connectivity index (χ0v) is 12.6. The smallest absolute Gasteiger partial charge is 0.146 e. The Balaban J connectivity index is 1.91. The van der Waals surface area contributed by atoms with E-state index in [0.717, 1.165) is 22.3 Å². The lowest BCUT2D eigenvalue weighted by Gasteiger charge is -2.09. The van der Waals surface area contributed by atoms with E-state index >= 15 is 0 Å². The van der Waals surface area contributed by atoms with Crippen LogP contribution >= 0.6 is 11.6 Å². The Labute approximate surface area is 133 Å². The number of nitrogen functional groups attached to an aromatic ring is 2. The Morgan fingerprint density at radius 2 is 1.82 bits per heavy atom. The Hall–Kier alpha value is -2.59. The quantitative estimate of drug-likeness (QED) is 0.725. The van der Waals surface area contributed by atoms with Crippen molar-refractivity contribution in [2.45, 2.75) is 6.42 Å². The molecule has 1 aromatic carbocycles. The van der Waals surface area contributed by atoms with Gasteiger partial charge < -0.3 is 11.5 Å². The fraction of sp³-hybridized carbons (Fsp3) is 0.0588. The number of nitrogens with zero attached hydrogens (tertiary/aromatic N) is 2. The Kier molecular flexibility index (Phi) is 3.94. The molecule has 0 aliphatic carbocycles. The zero-order chi connectivity index (χ0) is 15.5. The third-order valence-electron chi connectivity index (χ3n) is 3.49. The zero-order valence-electron chi connectivity index (χ0n) is 11.8. The van der Waals surface area contributed by atoms with Gasteiger partial charge in [0.25, 0.3) is 0 Å². The molecule has 0 amide bonds. The Morgan fingerprint density at radius 3 is 2.59 bits per heavy atom. The molecule has 0 aliphatic heterocycles. The SMILES string of the molecule is Nc1nccc(Cc2cccc(-c3ccc(Cl)nc3)c2)c1N. The van der Waals surface area contributed by atoms with Gasteiger partial charge in [0.2, 0.25) is 0 Å². The second-order valence-electron chi connectivity index (χ2n) is 5.02.